The Hall–Kier alpha value is -1.55. The van der Waals surface area contributed by atoms with E-state index in [0.717, 1.165) is 5.69 Å². The molecule has 0 aromatic heterocycles. The number of benzene rings is 1. The number of nitrogens with two attached hydrogens (primary N) is 1. The lowest BCUT2D eigenvalue weighted by atomic mass is 9.91. The van der Waals surface area contributed by atoms with E-state index in [1.54, 1.807) is 0 Å². The molecule has 4 N–H and O–H groups in total. The monoisotopic (exact) mass is 205 g/mol. The second-order valence-electron chi connectivity index (χ2n) is 4.04. The van der Waals surface area contributed by atoms with E-state index in [9.17, 15) is 4.79 Å². The van der Waals surface area contributed by atoms with Gasteiger partial charge in [-0.05, 0) is 19.1 Å². The third-order valence-electron chi connectivity index (χ3n) is 2.76. The smallest absolute Gasteiger partial charge is 0.245 e. The van der Waals surface area contributed by atoms with Crippen LogP contribution in [0.25, 0.3) is 0 Å². The topological polar surface area (TPSA) is 67.1 Å². The van der Waals surface area contributed by atoms with Gasteiger partial charge in [-0.3, -0.25) is 4.79 Å². The molecule has 1 aromatic carbocycles. The molecule has 15 heavy (non-hydrogen) atoms. The summed E-state index contributed by atoms with van der Waals surface area (Å²) in [5, 5.41) is 6.23. The van der Waals surface area contributed by atoms with E-state index < -0.39 is 5.54 Å². The molecule has 1 aliphatic heterocycles. The molecule has 4 nitrogen and oxygen atoms in total. The minimum atomic E-state index is -0.602. The molecule has 4 heteroatoms. The number of anilines is 1. The molecule has 2 rings (SSSR count). The van der Waals surface area contributed by atoms with Crippen LogP contribution in [0.2, 0.25) is 0 Å². The number of primary amides is 1. The Morgan fingerprint density at radius 1 is 1.40 bits per heavy atom. The Balaban J connectivity index is 2.13. The Morgan fingerprint density at radius 3 is 2.40 bits per heavy atom. The molecule has 0 aliphatic carbocycles. The third kappa shape index (κ3) is 1.80. The summed E-state index contributed by atoms with van der Waals surface area (Å²) in [5.74, 6) is -0.304. The first-order chi connectivity index (χ1) is 7.12. The van der Waals surface area contributed by atoms with Gasteiger partial charge in [0.05, 0.1) is 0 Å². The lowest BCUT2D eigenvalue weighted by molar-refractivity contribution is -0.123. The predicted molar refractivity (Wildman–Crippen MR) is 59.6 cm³/mol. The summed E-state index contributed by atoms with van der Waals surface area (Å²) in [7, 11) is 0. The van der Waals surface area contributed by atoms with Crippen molar-refractivity contribution in [1.82, 2.24) is 5.32 Å². The van der Waals surface area contributed by atoms with Gasteiger partial charge in [-0.25, -0.2) is 0 Å². The van der Waals surface area contributed by atoms with Gasteiger partial charge in [-0.15, -0.1) is 0 Å². The highest BCUT2D eigenvalue weighted by molar-refractivity contribution is 5.90. The van der Waals surface area contributed by atoms with Gasteiger partial charge in [0.15, 0.2) is 0 Å². The van der Waals surface area contributed by atoms with Crippen LogP contribution in [-0.4, -0.2) is 24.5 Å². The van der Waals surface area contributed by atoms with Gasteiger partial charge < -0.3 is 16.4 Å². The molecule has 1 heterocycles. The van der Waals surface area contributed by atoms with Crippen LogP contribution in [0.3, 0.4) is 0 Å². The molecule has 0 bridgehead atoms. The van der Waals surface area contributed by atoms with Crippen molar-refractivity contribution in [3.05, 3.63) is 29.8 Å². The fraction of sp³-hybridized carbons (Fsp3) is 0.364. The average molecular weight is 205 g/mol. The molecule has 80 valence electrons. The number of rotatable bonds is 3. The summed E-state index contributed by atoms with van der Waals surface area (Å²) in [4.78, 5) is 11.3. The van der Waals surface area contributed by atoms with E-state index in [-0.39, 0.29) is 5.91 Å². The first-order valence-electron chi connectivity index (χ1n) is 4.98. The fourth-order valence-electron chi connectivity index (χ4n) is 1.61. The molecule has 1 aliphatic rings. The zero-order valence-electron chi connectivity index (χ0n) is 8.71. The van der Waals surface area contributed by atoms with Crippen molar-refractivity contribution in [2.45, 2.75) is 12.5 Å². The highest BCUT2D eigenvalue weighted by atomic mass is 16.1. The van der Waals surface area contributed by atoms with Crippen LogP contribution >= 0.6 is 0 Å². The SMILES string of the molecule is Cc1ccc(NC2(C(N)=O)CNC2)cc1. The molecule has 1 aromatic rings. The van der Waals surface area contributed by atoms with Gasteiger partial charge in [0, 0.05) is 18.8 Å². The number of amides is 1. The molecule has 0 atom stereocenters. The summed E-state index contributed by atoms with van der Waals surface area (Å²) >= 11 is 0. The van der Waals surface area contributed by atoms with Gasteiger partial charge in [0.2, 0.25) is 5.91 Å². The number of carbonyl (C=O) groups is 1. The fourth-order valence-corrected chi connectivity index (χ4v) is 1.61. The van der Waals surface area contributed by atoms with Crippen LogP contribution in [0, 0.1) is 6.92 Å². The normalized spacial score (nSPS) is 17.9. The number of carbonyl (C=O) groups excluding carboxylic acids is 1. The maximum atomic E-state index is 11.3. The van der Waals surface area contributed by atoms with Gasteiger partial charge in [-0.1, -0.05) is 17.7 Å². The first-order valence-corrected chi connectivity index (χ1v) is 4.98. The number of hydrogen-bond donors (Lipinski definition) is 3. The van der Waals surface area contributed by atoms with Crippen LogP contribution in [-0.2, 0) is 4.79 Å². The minimum Gasteiger partial charge on any atom is -0.369 e. The Labute approximate surface area is 88.9 Å². The molecule has 1 amide bonds. The summed E-state index contributed by atoms with van der Waals surface area (Å²) in [6.07, 6.45) is 0. The van der Waals surface area contributed by atoms with Crippen molar-refractivity contribution in [2.75, 3.05) is 18.4 Å². The zero-order valence-corrected chi connectivity index (χ0v) is 8.71. The van der Waals surface area contributed by atoms with Crippen molar-refractivity contribution >= 4 is 11.6 Å². The van der Waals surface area contributed by atoms with Crippen molar-refractivity contribution in [3.63, 3.8) is 0 Å². The van der Waals surface area contributed by atoms with E-state index in [1.165, 1.54) is 5.56 Å². The highest BCUT2D eigenvalue weighted by Gasteiger charge is 2.42. The largest absolute Gasteiger partial charge is 0.369 e. The number of nitrogens with one attached hydrogen (secondary N) is 2. The molecule has 1 saturated heterocycles. The molecular formula is C11H15N3O. The zero-order chi connectivity index (χ0) is 10.9. The Kier molecular flexibility index (Phi) is 2.36. The van der Waals surface area contributed by atoms with Crippen LogP contribution in [0.4, 0.5) is 5.69 Å². The maximum absolute atomic E-state index is 11.3. The second kappa shape index (κ2) is 3.55. The summed E-state index contributed by atoms with van der Waals surface area (Å²) in [6, 6.07) is 7.92. The molecule has 0 spiro atoms. The van der Waals surface area contributed by atoms with E-state index >= 15 is 0 Å². The van der Waals surface area contributed by atoms with Gasteiger partial charge in [0.25, 0.3) is 0 Å². The van der Waals surface area contributed by atoms with Gasteiger partial charge in [0.1, 0.15) is 5.54 Å². The molecule has 0 saturated carbocycles. The van der Waals surface area contributed by atoms with E-state index in [2.05, 4.69) is 10.6 Å². The van der Waals surface area contributed by atoms with E-state index in [1.807, 2.05) is 31.2 Å². The third-order valence-corrected chi connectivity index (χ3v) is 2.76. The lowest BCUT2D eigenvalue weighted by Crippen LogP contribution is -2.70. The van der Waals surface area contributed by atoms with E-state index in [0.29, 0.717) is 13.1 Å². The molecule has 0 unspecified atom stereocenters. The molecule has 1 fully saturated rings. The Bertz CT molecular complexity index is 368. The summed E-state index contributed by atoms with van der Waals surface area (Å²) in [5.41, 5.74) is 6.89. The molecular weight excluding hydrogens is 190 g/mol. The maximum Gasteiger partial charge on any atom is 0.245 e. The van der Waals surface area contributed by atoms with Crippen molar-refractivity contribution in [2.24, 2.45) is 5.73 Å². The van der Waals surface area contributed by atoms with Crippen molar-refractivity contribution < 1.29 is 4.79 Å². The van der Waals surface area contributed by atoms with Crippen LogP contribution < -0.4 is 16.4 Å². The van der Waals surface area contributed by atoms with Crippen molar-refractivity contribution in [1.29, 1.82) is 0 Å². The summed E-state index contributed by atoms with van der Waals surface area (Å²) in [6.45, 7) is 3.21. The van der Waals surface area contributed by atoms with Crippen LogP contribution in [0.15, 0.2) is 24.3 Å². The first kappa shape index (κ1) is 9.98. The second-order valence-corrected chi connectivity index (χ2v) is 4.04. The standard InChI is InChI=1S/C11H15N3O/c1-8-2-4-9(5-3-8)14-11(10(12)15)6-13-7-11/h2-5,13-14H,6-7H2,1H3,(H2,12,15). The molecule has 0 radical (unpaired) electrons. The van der Waals surface area contributed by atoms with Crippen LogP contribution in [0.1, 0.15) is 5.56 Å². The predicted octanol–water partition coefficient (Wildman–Crippen LogP) is 0.234. The van der Waals surface area contributed by atoms with E-state index in [4.69, 9.17) is 5.73 Å². The van der Waals surface area contributed by atoms with Gasteiger partial charge in [-0.2, -0.15) is 0 Å². The minimum absolute atomic E-state index is 0.304. The van der Waals surface area contributed by atoms with Gasteiger partial charge >= 0.3 is 0 Å². The quantitative estimate of drug-likeness (QED) is 0.662. The summed E-state index contributed by atoms with van der Waals surface area (Å²) < 4.78 is 0. The average Bonchev–Trinajstić information content (AvgIpc) is 2.13. The highest BCUT2D eigenvalue weighted by Crippen LogP contribution is 2.19. The van der Waals surface area contributed by atoms with Crippen molar-refractivity contribution in [3.8, 4) is 0 Å². The number of aryl methyl sites for hydroxylation is 1. The van der Waals surface area contributed by atoms with Crippen LogP contribution in [0.5, 0.6) is 0 Å². The lowest BCUT2D eigenvalue weighted by Gasteiger charge is -2.41. The Morgan fingerprint density at radius 2 is 2.00 bits per heavy atom. The number of hydrogen-bond acceptors (Lipinski definition) is 3.